The van der Waals surface area contributed by atoms with Crippen molar-refractivity contribution in [2.75, 3.05) is 0 Å². The number of unbranched alkanes of at least 4 members (excludes halogenated alkanes) is 12. The molecule has 3 heteroatoms. The van der Waals surface area contributed by atoms with Crippen LogP contribution in [0.5, 0.6) is 0 Å². The Balaban J connectivity index is 3.34. The molecule has 0 saturated carbocycles. The molecule has 0 aliphatic carbocycles. The summed E-state index contributed by atoms with van der Waals surface area (Å²) >= 11 is 0. The standard InChI is InChI=1S/C21H43NO2/c1-4-6-7-8-9-10-11-12-13-14-15-16-17-18-21(24)20(5-2)22-19(3)23/h19-20,22-23H,4-18H2,1-3H3. The lowest BCUT2D eigenvalue weighted by Gasteiger charge is -2.17. The second kappa shape index (κ2) is 17.4. The summed E-state index contributed by atoms with van der Waals surface area (Å²) in [5, 5.41) is 12.3. The maximum atomic E-state index is 12.0. The van der Waals surface area contributed by atoms with E-state index in [0.29, 0.717) is 6.42 Å². The molecular formula is C21H43NO2. The van der Waals surface area contributed by atoms with Crippen molar-refractivity contribution >= 4 is 5.78 Å². The number of rotatable bonds is 18. The molecule has 2 N–H and O–H groups in total. The lowest BCUT2D eigenvalue weighted by Crippen LogP contribution is -2.41. The maximum absolute atomic E-state index is 12.0. The zero-order valence-electron chi connectivity index (χ0n) is 16.6. The van der Waals surface area contributed by atoms with Crippen LogP contribution in [-0.2, 0) is 4.79 Å². The minimum atomic E-state index is -0.606. The molecule has 2 unspecified atom stereocenters. The third-order valence-corrected chi connectivity index (χ3v) is 4.77. The molecule has 0 heterocycles. The number of nitrogens with one attached hydrogen (secondary N) is 1. The molecule has 0 aromatic carbocycles. The highest BCUT2D eigenvalue weighted by atomic mass is 16.3. The fourth-order valence-corrected chi connectivity index (χ4v) is 3.22. The van der Waals surface area contributed by atoms with Crippen molar-refractivity contribution in [2.45, 2.75) is 129 Å². The van der Waals surface area contributed by atoms with Gasteiger partial charge in [0, 0.05) is 6.42 Å². The number of hydrogen-bond donors (Lipinski definition) is 2. The number of aliphatic hydroxyl groups excluding tert-OH is 1. The van der Waals surface area contributed by atoms with Gasteiger partial charge in [0.05, 0.1) is 6.04 Å². The first-order valence-electron chi connectivity index (χ1n) is 10.6. The van der Waals surface area contributed by atoms with E-state index in [1.165, 1.54) is 70.6 Å². The number of Topliss-reactive ketones (excluding diaryl/α,β-unsaturated/α-hetero) is 1. The Morgan fingerprint density at radius 3 is 1.58 bits per heavy atom. The highest BCUT2D eigenvalue weighted by molar-refractivity contribution is 5.83. The molecule has 0 spiro atoms. The van der Waals surface area contributed by atoms with Crippen molar-refractivity contribution in [3.8, 4) is 0 Å². The molecule has 0 aromatic rings. The van der Waals surface area contributed by atoms with Crippen LogP contribution in [0.1, 0.15) is 117 Å². The minimum absolute atomic E-state index is 0.178. The van der Waals surface area contributed by atoms with E-state index in [9.17, 15) is 9.90 Å². The van der Waals surface area contributed by atoms with Crippen molar-refractivity contribution < 1.29 is 9.90 Å². The van der Waals surface area contributed by atoms with Crippen LogP contribution < -0.4 is 5.32 Å². The summed E-state index contributed by atoms with van der Waals surface area (Å²) in [7, 11) is 0. The summed E-state index contributed by atoms with van der Waals surface area (Å²) < 4.78 is 0. The molecule has 144 valence electrons. The molecule has 2 atom stereocenters. The predicted octanol–water partition coefficient (Wildman–Crippen LogP) is 5.74. The van der Waals surface area contributed by atoms with Crippen LogP contribution in [0.25, 0.3) is 0 Å². The summed E-state index contributed by atoms with van der Waals surface area (Å²) in [6.45, 7) is 5.92. The van der Waals surface area contributed by atoms with Gasteiger partial charge < -0.3 is 5.11 Å². The highest BCUT2D eigenvalue weighted by Gasteiger charge is 2.16. The van der Waals surface area contributed by atoms with Crippen LogP contribution >= 0.6 is 0 Å². The molecule has 0 amide bonds. The van der Waals surface area contributed by atoms with Gasteiger partial charge in [-0.25, -0.2) is 0 Å². The van der Waals surface area contributed by atoms with Gasteiger partial charge in [0.15, 0.2) is 0 Å². The molecule has 0 aliphatic heterocycles. The molecular weight excluding hydrogens is 298 g/mol. The Hall–Kier alpha value is -0.410. The van der Waals surface area contributed by atoms with Crippen molar-refractivity contribution in [2.24, 2.45) is 0 Å². The van der Waals surface area contributed by atoms with Gasteiger partial charge in [-0.3, -0.25) is 10.1 Å². The van der Waals surface area contributed by atoms with Gasteiger partial charge in [0.25, 0.3) is 0 Å². The Labute approximate surface area is 151 Å². The molecule has 0 rings (SSSR count). The third kappa shape index (κ3) is 15.1. The van der Waals surface area contributed by atoms with Crippen molar-refractivity contribution in [3.63, 3.8) is 0 Å². The normalized spacial score (nSPS) is 13.8. The topological polar surface area (TPSA) is 49.3 Å². The lowest BCUT2D eigenvalue weighted by atomic mass is 10.0. The fourth-order valence-electron chi connectivity index (χ4n) is 3.22. The number of carbonyl (C=O) groups is 1. The molecule has 0 radical (unpaired) electrons. The average molecular weight is 342 g/mol. The average Bonchev–Trinajstić information content (AvgIpc) is 2.56. The molecule has 0 saturated heterocycles. The van der Waals surface area contributed by atoms with E-state index >= 15 is 0 Å². The molecule has 24 heavy (non-hydrogen) atoms. The van der Waals surface area contributed by atoms with Gasteiger partial charge in [0.1, 0.15) is 12.0 Å². The zero-order valence-corrected chi connectivity index (χ0v) is 16.6. The van der Waals surface area contributed by atoms with E-state index in [-0.39, 0.29) is 11.8 Å². The first-order chi connectivity index (χ1) is 11.6. The quantitative estimate of drug-likeness (QED) is 0.247. The van der Waals surface area contributed by atoms with Crippen molar-refractivity contribution in [1.82, 2.24) is 5.32 Å². The second-order valence-electron chi connectivity index (χ2n) is 7.26. The summed E-state index contributed by atoms with van der Waals surface area (Å²) in [6.07, 6.45) is 18.0. The Kier molecular flexibility index (Phi) is 17.1. The fraction of sp³-hybridized carbons (Fsp3) is 0.952. The molecule has 0 fully saturated rings. The van der Waals surface area contributed by atoms with Crippen molar-refractivity contribution in [1.29, 1.82) is 0 Å². The maximum Gasteiger partial charge on any atom is 0.149 e. The van der Waals surface area contributed by atoms with Crippen LogP contribution in [0.4, 0.5) is 0 Å². The zero-order chi connectivity index (χ0) is 18.0. The van der Waals surface area contributed by atoms with E-state index < -0.39 is 6.23 Å². The molecule has 0 bridgehead atoms. The van der Waals surface area contributed by atoms with Crippen LogP contribution in [0.2, 0.25) is 0 Å². The summed E-state index contributed by atoms with van der Waals surface area (Å²) in [5.41, 5.74) is 0. The van der Waals surface area contributed by atoms with Crippen LogP contribution in [0, 0.1) is 0 Å². The Morgan fingerprint density at radius 1 is 0.792 bits per heavy atom. The van der Waals surface area contributed by atoms with Gasteiger partial charge in [0.2, 0.25) is 0 Å². The Morgan fingerprint density at radius 2 is 1.21 bits per heavy atom. The SMILES string of the molecule is CCCCCCCCCCCCCCCC(=O)C(CC)NC(C)O. The van der Waals surface area contributed by atoms with Gasteiger partial charge in [-0.2, -0.15) is 0 Å². The summed E-state index contributed by atoms with van der Waals surface area (Å²) in [6, 6.07) is -0.178. The van der Waals surface area contributed by atoms with E-state index in [2.05, 4.69) is 12.2 Å². The highest BCUT2D eigenvalue weighted by Crippen LogP contribution is 2.13. The third-order valence-electron chi connectivity index (χ3n) is 4.77. The summed E-state index contributed by atoms with van der Waals surface area (Å²) in [5.74, 6) is 0.251. The first-order valence-corrected chi connectivity index (χ1v) is 10.6. The van der Waals surface area contributed by atoms with E-state index in [4.69, 9.17) is 0 Å². The van der Waals surface area contributed by atoms with E-state index in [0.717, 1.165) is 19.3 Å². The number of hydrogen-bond acceptors (Lipinski definition) is 3. The van der Waals surface area contributed by atoms with Crippen molar-refractivity contribution in [3.05, 3.63) is 0 Å². The number of aliphatic hydroxyl groups is 1. The predicted molar refractivity (Wildman–Crippen MR) is 104 cm³/mol. The van der Waals surface area contributed by atoms with Gasteiger partial charge >= 0.3 is 0 Å². The molecule has 0 aliphatic rings. The number of ketones is 1. The second-order valence-corrected chi connectivity index (χ2v) is 7.26. The van der Waals surface area contributed by atoms with Gasteiger partial charge in [-0.1, -0.05) is 90.9 Å². The number of carbonyl (C=O) groups excluding carboxylic acids is 1. The smallest absolute Gasteiger partial charge is 0.149 e. The minimum Gasteiger partial charge on any atom is -0.379 e. The van der Waals surface area contributed by atoms with Crippen LogP contribution in [0.15, 0.2) is 0 Å². The first kappa shape index (κ1) is 23.6. The summed E-state index contributed by atoms with van der Waals surface area (Å²) in [4.78, 5) is 12.0. The van der Waals surface area contributed by atoms with Gasteiger partial charge in [-0.05, 0) is 19.8 Å². The van der Waals surface area contributed by atoms with Crippen LogP contribution in [0.3, 0.4) is 0 Å². The lowest BCUT2D eigenvalue weighted by molar-refractivity contribution is -0.122. The molecule has 3 nitrogen and oxygen atoms in total. The molecule has 0 aromatic heterocycles. The van der Waals surface area contributed by atoms with Crippen LogP contribution in [-0.4, -0.2) is 23.2 Å². The van der Waals surface area contributed by atoms with E-state index in [1.807, 2.05) is 6.92 Å². The monoisotopic (exact) mass is 341 g/mol. The Bertz CT molecular complexity index is 279. The largest absolute Gasteiger partial charge is 0.379 e. The van der Waals surface area contributed by atoms with Gasteiger partial charge in [-0.15, -0.1) is 0 Å². The van der Waals surface area contributed by atoms with E-state index in [1.54, 1.807) is 6.92 Å².